The fourth-order valence-electron chi connectivity index (χ4n) is 4.65. The van der Waals surface area contributed by atoms with E-state index in [9.17, 15) is 9.59 Å². The lowest BCUT2D eigenvalue weighted by molar-refractivity contribution is -0.169. The van der Waals surface area contributed by atoms with E-state index in [2.05, 4.69) is 6.07 Å². The van der Waals surface area contributed by atoms with E-state index in [1.165, 1.54) is 5.56 Å². The third-order valence-corrected chi connectivity index (χ3v) is 6.52. The van der Waals surface area contributed by atoms with Crippen LogP contribution < -0.4 is 4.74 Å². The molecule has 2 aliphatic heterocycles. The van der Waals surface area contributed by atoms with Gasteiger partial charge in [0, 0.05) is 19.2 Å². The van der Waals surface area contributed by atoms with Gasteiger partial charge in [0.05, 0.1) is 19.7 Å². The van der Waals surface area contributed by atoms with Crippen molar-refractivity contribution in [2.45, 2.75) is 38.2 Å². The van der Waals surface area contributed by atoms with Gasteiger partial charge in [0.25, 0.3) is 11.8 Å². The minimum absolute atomic E-state index is 0.0374. The number of nitrogens with zero attached hydrogens (tertiary/aromatic N) is 2. The predicted octanol–water partition coefficient (Wildman–Crippen LogP) is 3.47. The van der Waals surface area contributed by atoms with E-state index in [1.807, 2.05) is 49.4 Å². The number of benzene rings is 2. The minimum atomic E-state index is -1.01. The molecule has 1 unspecified atom stereocenters. The monoisotopic (exact) mass is 436 g/mol. The van der Waals surface area contributed by atoms with Gasteiger partial charge in [-0.15, -0.1) is 0 Å². The number of morpholine rings is 1. The highest BCUT2D eigenvalue weighted by molar-refractivity contribution is 5.96. The van der Waals surface area contributed by atoms with Gasteiger partial charge in [0.15, 0.2) is 5.60 Å². The molecule has 170 valence electrons. The quantitative estimate of drug-likeness (QED) is 0.687. The third-order valence-electron chi connectivity index (χ3n) is 6.52. The molecule has 0 bridgehead atoms. The normalized spacial score (nSPS) is 22.5. The highest BCUT2D eigenvalue weighted by Gasteiger charge is 2.46. The van der Waals surface area contributed by atoms with Gasteiger partial charge >= 0.3 is 0 Å². The van der Waals surface area contributed by atoms with E-state index in [1.54, 1.807) is 16.8 Å². The second kappa shape index (κ2) is 9.74. The number of aryl methyl sites for hydroxylation is 2. The Morgan fingerprint density at radius 3 is 2.62 bits per heavy atom. The zero-order chi connectivity index (χ0) is 22.6. The molecule has 0 N–H and O–H groups in total. The molecule has 0 aliphatic carbocycles. The van der Waals surface area contributed by atoms with Gasteiger partial charge in [0.1, 0.15) is 12.4 Å². The maximum Gasteiger partial charge on any atom is 0.256 e. The molecule has 2 amide bonds. The number of fused-ring (bicyclic) bond motifs is 1. The van der Waals surface area contributed by atoms with Gasteiger partial charge in [-0.1, -0.05) is 36.4 Å². The van der Waals surface area contributed by atoms with Crippen LogP contribution in [-0.2, 0) is 16.0 Å². The molecule has 2 aromatic carbocycles. The number of rotatable bonds is 1. The van der Waals surface area contributed by atoms with Crippen molar-refractivity contribution in [2.24, 2.45) is 0 Å². The lowest BCUT2D eigenvalue weighted by Gasteiger charge is -2.43. The summed E-state index contributed by atoms with van der Waals surface area (Å²) in [6.45, 7) is 3.95. The zero-order valence-corrected chi connectivity index (χ0v) is 19.0. The van der Waals surface area contributed by atoms with E-state index >= 15 is 0 Å². The molecule has 1 spiro atoms. The number of carbonyl (C=O) groups is 2. The molecule has 2 aromatic rings. The number of para-hydroxylation sites is 1. The number of amides is 2. The van der Waals surface area contributed by atoms with Crippen LogP contribution in [0.5, 0.6) is 5.75 Å². The summed E-state index contributed by atoms with van der Waals surface area (Å²) in [5.74, 6) is 0.786. The molecular weight excluding hydrogens is 404 g/mol. The summed E-state index contributed by atoms with van der Waals surface area (Å²) in [4.78, 5) is 30.3. The van der Waals surface area contributed by atoms with Crippen molar-refractivity contribution < 1.29 is 19.1 Å². The van der Waals surface area contributed by atoms with Crippen molar-refractivity contribution in [3.8, 4) is 5.75 Å². The second-order valence-electron chi connectivity index (χ2n) is 8.77. The van der Waals surface area contributed by atoms with Crippen molar-refractivity contribution in [1.82, 2.24) is 9.80 Å². The molecule has 6 heteroatoms. The van der Waals surface area contributed by atoms with Crippen LogP contribution in [0.25, 0.3) is 0 Å². The number of ether oxygens (including phenoxy) is 2. The smallest absolute Gasteiger partial charge is 0.256 e. The van der Waals surface area contributed by atoms with Crippen molar-refractivity contribution in [3.63, 3.8) is 0 Å². The number of carbonyl (C=O) groups excluding carboxylic acids is 2. The first-order valence-corrected chi connectivity index (χ1v) is 11.5. The first-order chi connectivity index (χ1) is 15.5. The van der Waals surface area contributed by atoms with Crippen LogP contribution in [0, 0.1) is 6.92 Å². The summed E-state index contributed by atoms with van der Waals surface area (Å²) in [6.07, 6.45) is 3.24. The van der Waals surface area contributed by atoms with Gasteiger partial charge in [-0.05, 0) is 55.9 Å². The summed E-state index contributed by atoms with van der Waals surface area (Å²) < 4.78 is 12.2. The van der Waals surface area contributed by atoms with Crippen molar-refractivity contribution in [2.75, 3.05) is 39.9 Å². The second-order valence-corrected chi connectivity index (χ2v) is 8.77. The fraction of sp³-hybridized carbons (Fsp3) is 0.462. The van der Waals surface area contributed by atoms with Gasteiger partial charge < -0.3 is 19.3 Å². The largest absolute Gasteiger partial charge is 0.491 e. The average molecular weight is 437 g/mol. The maximum absolute atomic E-state index is 13.6. The van der Waals surface area contributed by atoms with Gasteiger partial charge in [-0.25, -0.2) is 0 Å². The van der Waals surface area contributed by atoms with Crippen LogP contribution >= 0.6 is 0 Å². The van der Waals surface area contributed by atoms with Crippen LogP contribution in [0.1, 0.15) is 40.7 Å². The summed E-state index contributed by atoms with van der Waals surface area (Å²) in [7, 11) is 1.79. The lowest BCUT2D eigenvalue weighted by Crippen LogP contribution is -2.61. The highest BCUT2D eigenvalue weighted by Crippen LogP contribution is 2.30. The minimum Gasteiger partial charge on any atom is -0.491 e. The van der Waals surface area contributed by atoms with E-state index < -0.39 is 5.60 Å². The molecule has 2 aliphatic rings. The Labute approximate surface area is 190 Å². The van der Waals surface area contributed by atoms with Gasteiger partial charge in [0.2, 0.25) is 0 Å². The fourth-order valence-corrected chi connectivity index (χ4v) is 4.65. The highest BCUT2D eigenvalue weighted by atomic mass is 16.5. The first-order valence-electron chi connectivity index (χ1n) is 11.5. The Bertz CT molecular complexity index is 976. The Kier molecular flexibility index (Phi) is 6.80. The van der Waals surface area contributed by atoms with E-state index in [0.29, 0.717) is 38.3 Å². The first kappa shape index (κ1) is 22.3. The zero-order valence-electron chi connectivity index (χ0n) is 19.0. The molecule has 0 saturated carbocycles. The topological polar surface area (TPSA) is 59.1 Å². The standard InChI is InChI=1S/C26H32N2O4/c1-20-9-3-5-12-22(20)24(29)28-16-18-32-26(19-28)14-8-7-11-21-10-4-6-13-23(21)31-17-15-27(2)25(26)30/h3-6,9-10,12-13H,7-8,11,14-19H2,1-2H3. The summed E-state index contributed by atoms with van der Waals surface area (Å²) in [5.41, 5.74) is 1.81. The van der Waals surface area contributed by atoms with Gasteiger partial charge in [-0.3, -0.25) is 9.59 Å². The Balaban J connectivity index is 1.55. The van der Waals surface area contributed by atoms with Crippen molar-refractivity contribution >= 4 is 11.8 Å². The van der Waals surface area contributed by atoms with Crippen molar-refractivity contribution in [1.29, 1.82) is 0 Å². The molecule has 32 heavy (non-hydrogen) atoms. The number of likely N-dealkylation sites (N-methyl/N-ethyl adjacent to an activating group) is 1. The molecule has 0 radical (unpaired) electrons. The predicted molar refractivity (Wildman–Crippen MR) is 123 cm³/mol. The SMILES string of the molecule is Cc1ccccc1C(=O)N1CCOC2(CCCCc3ccccc3OCCN(C)C2=O)C1. The van der Waals surface area contributed by atoms with Crippen LogP contribution in [0.4, 0.5) is 0 Å². The van der Waals surface area contributed by atoms with Gasteiger partial charge in [-0.2, -0.15) is 0 Å². The average Bonchev–Trinajstić information content (AvgIpc) is 2.81. The molecular formula is C26H32N2O4. The molecule has 1 atom stereocenters. The maximum atomic E-state index is 13.6. The Hall–Kier alpha value is -2.86. The molecule has 1 fully saturated rings. The van der Waals surface area contributed by atoms with E-state index in [4.69, 9.17) is 9.47 Å². The molecule has 0 aromatic heterocycles. The summed E-state index contributed by atoms with van der Waals surface area (Å²) in [5, 5.41) is 0. The van der Waals surface area contributed by atoms with E-state index in [0.717, 1.165) is 30.6 Å². The van der Waals surface area contributed by atoms with Crippen LogP contribution in [0.2, 0.25) is 0 Å². The summed E-state index contributed by atoms with van der Waals surface area (Å²) in [6, 6.07) is 15.7. The molecule has 6 nitrogen and oxygen atoms in total. The van der Waals surface area contributed by atoms with E-state index in [-0.39, 0.29) is 18.4 Å². The molecule has 1 saturated heterocycles. The molecule has 2 heterocycles. The number of hydrogen-bond acceptors (Lipinski definition) is 4. The third kappa shape index (κ3) is 4.65. The lowest BCUT2D eigenvalue weighted by atomic mass is 9.90. The van der Waals surface area contributed by atoms with Crippen molar-refractivity contribution in [3.05, 3.63) is 65.2 Å². The number of hydrogen-bond donors (Lipinski definition) is 0. The molecule has 4 rings (SSSR count). The van der Waals surface area contributed by atoms with Crippen LogP contribution in [0.15, 0.2) is 48.5 Å². The Morgan fingerprint density at radius 1 is 1.00 bits per heavy atom. The Morgan fingerprint density at radius 2 is 1.78 bits per heavy atom. The van der Waals surface area contributed by atoms with Crippen LogP contribution in [0.3, 0.4) is 0 Å². The summed E-state index contributed by atoms with van der Waals surface area (Å²) >= 11 is 0. The van der Waals surface area contributed by atoms with Crippen LogP contribution in [-0.4, -0.2) is 67.1 Å².